The van der Waals surface area contributed by atoms with Crippen molar-refractivity contribution in [1.82, 2.24) is 0 Å². The molecule has 0 bridgehead atoms. The Kier molecular flexibility index (Phi) is 3.61. The van der Waals surface area contributed by atoms with Gasteiger partial charge in [-0.25, -0.2) is 0 Å². The molecule has 0 spiro atoms. The zero-order valence-electron chi connectivity index (χ0n) is 11.5. The number of anilines is 2. The molecule has 2 aliphatic rings. The smallest absolute Gasteiger partial charge is 0.257 e. The van der Waals surface area contributed by atoms with Crippen molar-refractivity contribution >= 4 is 28.9 Å². The van der Waals surface area contributed by atoms with Gasteiger partial charge in [0.05, 0.1) is 10.7 Å². The Bertz CT molecular complexity index is 543. The molecule has 20 heavy (non-hydrogen) atoms. The summed E-state index contributed by atoms with van der Waals surface area (Å²) in [4.78, 5) is 13.8. The molecule has 1 aromatic carbocycles. The van der Waals surface area contributed by atoms with Crippen LogP contribution in [-0.2, 0) is 4.79 Å². The fourth-order valence-electron chi connectivity index (χ4n) is 2.88. The molecule has 1 atom stereocenters. The average molecular weight is 295 g/mol. The van der Waals surface area contributed by atoms with Crippen LogP contribution in [0.15, 0.2) is 12.1 Å². The van der Waals surface area contributed by atoms with Crippen LogP contribution in [0.2, 0.25) is 5.02 Å². The van der Waals surface area contributed by atoms with Gasteiger partial charge in [-0.2, -0.15) is 0 Å². The lowest BCUT2D eigenvalue weighted by atomic mass is 9.85. The summed E-state index contributed by atoms with van der Waals surface area (Å²) in [5, 5.41) is 13.1. The molecule has 1 amide bonds. The maximum absolute atomic E-state index is 11.5. The number of nitrogens with one attached hydrogen (secondary N) is 1. The third-order valence-corrected chi connectivity index (χ3v) is 4.65. The lowest BCUT2D eigenvalue weighted by molar-refractivity contribution is -0.123. The predicted molar refractivity (Wildman–Crippen MR) is 80.3 cm³/mol. The van der Waals surface area contributed by atoms with Crippen molar-refractivity contribution in [2.45, 2.75) is 32.3 Å². The molecule has 4 nitrogen and oxygen atoms in total. The highest BCUT2D eigenvalue weighted by Crippen LogP contribution is 2.39. The Labute approximate surface area is 123 Å². The maximum Gasteiger partial charge on any atom is 0.257 e. The number of rotatable bonds is 4. The third kappa shape index (κ3) is 2.27. The molecular formula is C15H19ClN2O2. The first kappa shape index (κ1) is 13.7. The Hall–Kier alpha value is -1.26. The van der Waals surface area contributed by atoms with E-state index in [4.69, 9.17) is 11.6 Å². The van der Waals surface area contributed by atoms with E-state index in [1.165, 1.54) is 19.3 Å². The Morgan fingerprint density at radius 2 is 2.20 bits per heavy atom. The Morgan fingerprint density at radius 1 is 1.45 bits per heavy atom. The number of aliphatic hydroxyl groups is 1. The molecule has 0 aromatic heterocycles. The van der Waals surface area contributed by atoms with E-state index >= 15 is 0 Å². The van der Waals surface area contributed by atoms with E-state index in [1.807, 2.05) is 6.07 Å². The van der Waals surface area contributed by atoms with Crippen molar-refractivity contribution in [3.8, 4) is 0 Å². The van der Waals surface area contributed by atoms with Gasteiger partial charge in [0.25, 0.3) is 5.91 Å². The summed E-state index contributed by atoms with van der Waals surface area (Å²) < 4.78 is 0. The van der Waals surface area contributed by atoms with Crippen molar-refractivity contribution in [3.05, 3.63) is 22.7 Å². The lowest BCUT2D eigenvalue weighted by Gasteiger charge is -2.33. The van der Waals surface area contributed by atoms with Crippen LogP contribution in [0.25, 0.3) is 0 Å². The second-order valence-electron chi connectivity index (χ2n) is 5.62. The van der Waals surface area contributed by atoms with Gasteiger partial charge in [0.15, 0.2) is 6.10 Å². The number of amides is 1. The zero-order chi connectivity index (χ0) is 14.3. The van der Waals surface area contributed by atoms with Gasteiger partial charge in [-0.1, -0.05) is 18.0 Å². The van der Waals surface area contributed by atoms with Gasteiger partial charge in [-0.15, -0.1) is 0 Å². The van der Waals surface area contributed by atoms with Crippen molar-refractivity contribution < 1.29 is 9.90 Å². The Morgan fingerprint density at radius 3 is 2.80 bits per heavy atom. The minimum absolute atomic E-state index is 0.379. The molecule has 1 aliphatic carbocycles. The highest BCUT2D eigenvalue weighted by molar-refractivity contribution is 6.33. The van der Waals surface area contributed by atoms with Crippen LogP contribution in [0.1, 0.15) is 37.9 Å². The van der Waals surface area contributed by atoms with Crippen LogP contribution in [0.4, 0.5) is 11.4 Å². The van der Waals surface area contributed by atoms with Gasteiger partial charge in [0, 0.05) is 24.3 Å². The maximum atomic E-state index is 11.5. The summed E-state index contributed by atoms with van der Waals surface area (Å²) in [5.41, 5.74) is 2.19. The lowest BCUT2D eigenvalue weighted by Crippen LogP contribution is -2.32. The number of carbonyl (C=O) groups is 1. The third-order valence-electron chi connectivity index (χ3n) is 4.35. The normalized spacial score (nSPS) is 21.4. The number of halogens is 1. The summed E-state index contributed by atoms with van der Waals surface area (Å²) >= 11 is 6.35. The highest BCUT2D eigenvalue weighted by Gasteiger charge is 2.30. The molecule has 0 radical (unpaired) electrons. The largest absolute Gasteiger partial charge is 0.378 e. The van der Waals surface area contributed by atoms with E-state index in [0.29, 0.717) is 16.3 Å². The minimum Gasteiger partial charge on any atom is -0.378 e. The minimum atomic E-state index is -1.10. The first-order valence-electron chi connectivity index (χ1n) is 7.17. The molecule has 1 fully saturated rings. The van der Waals surface area contributed by atoms with Crippen LogP contribution < -0.4 is 10.2 Å². The van der Waals surface area contributed by atoms with Crippen molar-refractivity contribution in [3.63, 3.8) is 0 Å². The molecule has 1 aliphatic heterocycles. The SMILES string of the molecule is CCN(CC1CCC1)c1cc2c(cc1Cl)C(O)C(=O)N2. The summed E-state index contributed by atoms with van der Waals surface area (Å²) in [6, 6.07) is 3.59. The number of nitrogens with zero attached hydrogens (tertiary/aromatic N) is 1. The molecule has 0 saturated heterocycles. The van der Waals surface area contributed by atoms with Gasteiger partial charge >= 0.3 is 0 Å². The topological polar surface area (TPSA) is 52.6 Å². The van der Waals surface area contributed by atoms with Gasteiger partial charge < -0.3 is 15.3 Å². The molecule has 1 heterocycles. The summed E-state index contributed by atoms with van der Waals surface area (Å²) in [5.74, 6) is 0.370. The number of hydrogen-bond donors (Lipinski definition) is 2. The molecular weight excluding hydrogens is 276 g/mol. The molecule has 1 saturated carbocycles. The highest BCUT2D eigenvalue weighted by atomic mass is 35.5. The van der Waals surface area contributed by atoms with E-state index in [0.717, 1.165) is 24.7 Å². The van der Waals surface area contributed by atoms with Crippen LogP contribution in [0, 0.1) is 5.92 Å². The van der Waals surface area contributed by atoms with Gasteiger partial charge in [-0.3, -0.25) is 4.79 Å². The number of aliphatic hydroxyl groups excluding tert-OH is 1. The van der Waals surface area contributed by atoms with Crippen molar-refractivity contribution in [2.24, 2.45) is 5.92 Å². The zero-order valence-corrected chi connectivity index (χ0v) is 12.3. The Balaban J connectivity index is 1.89. The molecule has 1 aromatic rings. The van der Waals surface area contributed by atoms with E-state index in [1.54, 1.807) is 6.07 Å². The van der Waals surface area contributed by atoms with E-state index in [2.05, 4.69) is 17.1 Å². The average Bonchev–Trinajstić information content (AvgIpc) is 2.64. The first-order chi connectivity index (χ1) is 9.60. The summed E-state index contributed by atoms with van der Waals surface area (Å²) in [6.45, 7) is 3.99. The number of hydrogen-bond acceptors (Lipinski definition) is 3. The molecule has 108 valence electrons. The van der Waals surface area contributed by atoms with E-state index in [-0.39, 0.29) is 5.91 Å². The van der Waals surface area contributed by atoms with E-state index in [9.17, 15) is 9.90 Å². The summed E-state index contributed by atoms with van der Waals surface area (Å²) in [6.07, 6.45) is 2.80. The van der Waals surface area contributed by atoms with Crippen molar-refractivity contribution in [1.29, 1.82) is 0 Å². The van der Waals surface area contributed by atoms with Crippen LogP contribution in [-0.4, -0.2) is 24.1 Å². The van der Waals surface area contributed by atoms with Crippen molar-refractivity contribution in [2.75, 3.05) is 23.3 Å². The van der Waals surface area contributed by atoms with Gasteiger partial charge in [0.2, 0.25) is 0 Å². The first-order valence-corrected chi connectivity index (χ1v) is 7.55. The second-order valence-corrected chi connectivity index (χ2v) is 6.03. The predicted octanol–water partition coefficient (Wildman–Crippen LogP) is 2.95. The van der Waals surface area contributed by atoms with Crippen LogP contribution in [0.5, 0.6) is 0 Å². The number of fused-ring (bicyclic) bond motifs is 1. The fraction of sp³-hybridized carbons (Fsp3) is 0.533. The molecule has 1 unspecified atom stereocenters. The van der Waals surface area contributed by atoms with E-state index < -0.39 is 6.10 Å². The molecule has 2 N–H and O–H groups in total. The quantitative estimate of drug-likeness (QED) is 0.898. The monoisotopic (exact) mass is 294 g/mol. The fourth-order valence-corrected chi connectivity index (χ4v) is 3.17. The summed E-state index contributed by atoms with van der Waals surface area (Å²) in [7, 11) is 0. The number of benzene rings is 1. The second kappa shape index (κ2) is 5.26. The van der Waals surface area contributed by atoms with Crippen LogP contribution >= 0.6 is 11.6 Å². The standard InChI is InChI=1S/C15H19ClN2O2/c1-2-18(8-9-4-3-5-9)13-7-12-10(6-11(13)16)14(19)15(20)17-12/h6-7,9,14,19H,2-5,8H2,1H3,(H,17,20). The van der Waals surface area contributed by atoms with Gasteiger partial charge in [0.1, 0.15) is 0 Å². The van der Waals surface area contributed by atoms with Gasteiger partial charge in [-0.05, 0) is 37.8 Å². The molecule has 5 heteroatoms. The van der Waals surface area contributed by atoms with Crippen LogP contribution in [0.3, 0.4) is 0 Å². The molecule has 3 rings (SSSR count). The number of carbonyl (C=O) groups excluding carboxylic acids is 1.